The maximum atomic E-state index is 13.4. The van der Waals surface area contributed by atoms with Crippen LogP contribution in [-0.2, 0) is 11.0 Å². The summed E-state index contributed by atoms with van der Waals surface area (Å²) in [4.78, 5) is 36.9. The van der Waals surface area contributed by atoms with Crippen molar-refractivity contribution in [1.82, 2.24) is 21.3 Å². The third-order valence-electron chi connectivity index (χ3n) is 5.50. The molecule has 1 aliphatic carbocycles. The average molecular weight is 516 g/mol. The van der Waals surface area contributed by atoms with Crippen LogP contribution in [0.15, 0.2) is 18.2 Å². The quantitative estimate of drug-likeness (QED) is 0.240. The predicted molar refractivity (Wildman–Crippen MR) is 130 cm³/mol. The first-order valence-corrected chi connectivity index (χ1v) is 12.1. The van der Waals surface area contributed by atoms with Crippen LogP contribution in [0.5, 0.6) is 0 Å². The number of anilines is 1. The molecule has 36 heavy (non-hydrogen) atoms. The number of alkyl halides is 3. The van der Waals surface area contributed by atoms with Crippen molar-refractivity contribution in [2.45, 2.75) is 70.8 Å². The molecule has 2 rings (SSSR count). The molecule has 0 bridgehead atoms. The molecular weight excluding hydrogens is 479 g/mol. The van der Waals surface area contributed by atoms with E-state index >= 15 is 0 Å². The lowest BCUT2D eigenvalue weighted by molar-refractivity contribution is -0.137. The van der Waals surface area contributed by atoms with Gasteiger partial charge in [-0.3, -0.25) is 9.59 Å². The van der Waals surface area contributed by atoms with Gasteiger partial charge in [-0.1, -0.05) is 13.3 Å². The van der Waals surface area contributed by atoms with Gasteiger partial charge >= 0.3 is 12.2 Å². The molecule has 4 amide bonds. The highest BCUT2D eigenvalue weighted by Gasteiger charge is 2.32. The van der Waals surface area contributed by atoms with Gasteiger partial charge in [0.25, 0.3) is 5.91 Å². The van der Waals surface area contributed by atoms with Crippen molar-refractivity contribution in [2.24, 2.45) is 5.92 Å². The summed E-state index contributed by atoms with van der Waals surface area (Å²) in [6, 6.07) is 0.920. The Balaban J connectivity index is 2.02. The molecule has 0 spiro atoms. The molecule has 1 aromatic carbocycles. The number of benzene rings is 1. The van der Waals surface area contributed by atoms with E-state index in [2.05, 4.69) is 26.6 Å². The summed E-state index contributed by atoms with van der Waals surface area (Å²) in [5, 5.41) is 23.4. The number of hydrogen-bond donors (Lipinski definition) is 6. The smallest absolute Gasteiger partial charge is 0.391 e. The van der Waals surface area contributed by atoms with E-state index in [0.717, 1.165) is 31.5 Å². The first kappa shape index (κ1) is 29.4. The van der Waals surface area contributed by atoms with Gasteiger partial charge in [-0.05, 0) is 63.8 Å². The summed E-state index contributed by atoms with van der Waals surface area (Å²) in [6.45, 7) is 5.94. The molecule has 0 aromatic heterocycles. The fourth-order valence-corrected chi connectivity index (χ4v) is 3.49. The minimum Gasteiger partial charge on any atom is -0.391 e. The topological polar surface area (TPSA) is 132 Å². The minimum atomic E-state index is -4.76. The van der Waals surface area contributed by atoms with E-state index in [-0.39, 0.29) is 17.3 Å². The van der Waals surface area contributed by atoms with Crippen molar-refractivity contribution in [3.8, 4) is 0 Å². The van der Waals surface area contributed by atoms with Gasteiger partial charge in [0.05, 0.1) is 24.3 Å². The molecule has 6 N–H and O–H groups in total. The van der Waals surface area contributed by atoms with E-state index in [4.69, 9.17) is 0 Å². The van der Waals surface area contributed by atoms with Crippen LogP contribution in [0.25, 0.3) is 0 Å². The lowest BCUT2D eigenvalue weighted by Crippen LogP contribution is -2.52. The van der Waals surface area contributed by atoms with Crippen LogP contribution in [0.1, 0.15) is 62.4 Å². The lowest BCUT2D eigenvalue weighted by Gasteiger charge is -2.24. The summed E-state index contributed by atoms with van der Waals surface area (Å²) < 4.78 is 40.1. The van der Waals surface area contributed by atoms with Crippen LogP contribution in [-0.4, -0.2) is 60.8 Å². The Hall–Kier alpha value is -2.86. The zero-order valence-corrected chi connectivity index (χ0v) is 20.8. The first-order chi connectivity index (χ1) is 16.9. The van der Waals surface area contributed by atoms with Gasteiger partial charge in [0, 0.05) is 23.8 Å². The number of amides is 4. The summed E-state index contributed by atoms with van der Waals surface area (Å²) >= 11 is 0. The maximum Gasteiger partial charge on any atom is 0.416 e. The van der Waals surface area contributed by atoms with Gasteiger partial charge in [0.1, 0.15) is 0 Å². The number of halogens is 3. The zero-order chi connectivity index (χ0) is 26.9. The van der Waals surface area contributed by atoms with E-state index in [9.17, 15) is 32.7 Å². The van der Waals surface area contributed by atoms with Gasteiger partial charge in [-0.25, -0.2) is 4.79 Å². The first-order valence-electron chi connectivity index (χ1n) is 12.1. The number of carbonyl (C=O) groups excluding carboxylic acids is 3. The van der Waals surface area contributed by atoms with Crippen LogP contribution in [0.3, 0.4) is 0 Å². The Bertz CT molecular complexity index is 906. The van der Waals surface area contributed by atoms with Gasteiger partial charge in [-0.15, -0.1) is 0 Å². The highest BCUT2D eigenvalue weighted by molar-refractivity contribution is 5.98. The van der Waals surface area contributed by atoms with Crippen molar-refractivity contribution >= 4 is 23.5 Å². The van der Waals surface area contributed by atoms with Crippen molar-refractivity contribution in [3.05, 3.63) is 29.3 Å². The molecule has 0 saturated heterocycles. The van der Waals surface area contributed by atoms with Gasteiger partial charge in [0.2, 0.25) is 5.91 Å². The molecule has 0 heterocycles. The summed E-state index contributed by atoms with van der Waals surface area (Å²) in [6.07, 6.45) is -2.03. The fourth-order valence-electron chi connectivity index (χ4n) is 3.49. The molecule has 1 aliphatic rings. The maximum absolute atomic E-state index is 13.4. The molecule has 2 atom stereocenters. The number of aliphatic hydroxyl groups excluding tert-OH is 1. The number of rotatable bonds is 13. The normalized spacial score (nSPS) is 15.2. The van der Waals surface area contributed by atoms with Crippen LogP contribution >= 0.6 is 0 Å². The number of urea groups is 1. The molecular formula is C24H36F3N5O4. The summed E-state index contributed by atoms with van der Waals surface area (Å²) in [5.74, 6) is -0.883. The van der Waals surface area contributed by atoms with E-state index in [1.165, 1.54) is 0 Å². The average Bonchev–Trinajstić information content (AvgIpc) is 3.60. The highest BCUT2D eigenvalue weighted by atomic mass is 19.4. The van der Waals surface area contributed by atoms with E-state index in [1.807, 2.05) is 6.92 Å². The van der Waals surface area contributed by atoms with E-state index in [1.54, 1.807) is 13.8 Å². The molecule has 202 valence electrons. The van der Waals surface area contributed by atoms with Crippen molar-refractivity contribution < 1.29 is 32.7 Å². The molecule has 0 aliphatic heterocycles. The molecule has 1 fully saturated rings. The standard InChI is InChI=1S/C24H36F3N5O4/c1-4-5-20(33)19(12-28-11-15-6-7-15)32-21(34)13-29-22(35)16-8-17(24(25,26)27)10-18(9-16)31-23(36)30-14(2)3/h8-10,14-15,19-20,28,33H,4-7,11-13H2,1-3H3,(H,29,35)(H,32,34)(H2,30,31,36)/t19-,20-/m0/s1. The third kappa shape index (κ3) is 10.4. The van der Waals surface area contributed by atoms with E-state index in [0.29, 0.717) is 31.4 Å². The van der Waals surface area contributed by atoms with Crippen molar-refractivity contribution in [2.75, 3.05) is 25.0 Å². The Morgan fingerprint density at radius 1 is 1.11 bits per heavy atom. The Labute approximate surface area is 209 Å². The van der Waals surface area contributed by atoms with Gasteiger partial charge in [0.15, 0.2) is 0 Å². The summed E-state index contributed by atoms with van der Waals surface area (Å²) in [5.41, 5.74) is -1.71. The van der Waals surface area contributed by atoms with Crippen LogP contribution < -0.4 is 26.6 Å². The molecule has 0 radical (unpaired) electrons. The number of nitrogens with one attached hydrogen (secondary N) is 5. The van der Waals surface area contributed by atoms with E-state index < -0.39 is 48.3 Å². The molecule has 1 aromatic rings. The third-order valence-corrected chi connectivity index (χ3v) is 5.50. The SMILES string of the molecule is CCC[C@H](O)[C@H](CNCC1CC1)NC(=O)CNC(=O)c1cc(NC(=O)NC(C)C)cc(C(F)(F)F)c1. The number of hydrogen-bond acceptors (Lipinski definition) is 5. The Morgan fingerprint density at radius 3 is 2.39 bits per heavy atom. The van der Waals surface area contributed by atoms with Gasteiger partial charge in [-0.2, -0.15) is 13.2 Å². The fraction of sp³-hybridized carbons (Fsp3) is 0.625. The van der Waals surface area contributed by atoms with Gasteiger partial charge < -0.3 is 31.7 Å². The second-order valence-electron chi connectivity index (χ2n) is 9.36. The van der Waals surface area contributed by atoms with Crippen molar-refractivity contribution in [3.63, 3.8) is 0 Å². The second kappa shape index (κ2) is 13.4. The number of aliphatic hydroxyl groups is 1. The van der Waals surface area contributed by atoms with Crippen LogP contribution in [0, 0.1) is 5.92 Å². The van der Waals surface area contributed by atoms with Crippen LogP contribution in [0.2, 0.25) is 0 Å². The van der Waals surface area contributed by atoms with Crippen LogP contribution in [0.4, 0.5) is 23.7 Å². The second-order valence-corrected chi connectivity index (χ2v) is 9.36. The monoisotopic (exact) mass is 515 g/mol. The predicted octanol–water partition coefficient (Wildman–Crippen LogP) is 2.61. The highest BCUT2D eigenvalue weighted by Crippen LogP contribution is 2.32. The molecule has 12 heteroatoms. The lowest BCUT2D eigenvalue weighted by atomic mass is 10.1. The van der Waals surface area contributed by atoms with Crippen molar-refractivity contribution in [1.29, 1.82) is 0 Å². The minimum absolute atomic E-state index is 0.220. The molecule has 1 saturated carbocycles. The summed E-state index contributed by atoms with van der Waals surface area (Å²) in [7, 11) is 0. The largest absolute Gasteiger partial charge is 0.416 e. The Morgan fingerprint density at radius 2 is 1.81 bits per heavy atom. The molecule has 9 nitrogen and oxygen atoms in total. The molecule has 0 unspecified atom stereocenters. The zero-order valence-electron chi connectivity index (χ0n) is 20.8. The Kier molecular flexibility index (Phi) is 11.0. The number of carbonyl (C=O) groups is 3.